The van der Waals surface area contributed by atoms with Crippen LogP contribution in [0.4, 0.5) is 16.7 Å². The Balaban J connectivity index is 2.16. The van der Waals surface area contributed by atoms with Gasteiger partial charge in [-0.25, -0.2) is 14.8 Å². The summed E-state index contributed by atoms with van der Waals surface area (Å²) < 4.78 is 1.66. The van der Waals surface area contributed by atoms with Crippen molar-refractivity contribution in [2.75, 3.05) is 17.6 Å². The Labute approximate surface area is 132 Å². The molecule has 2 heterocycles. The molecule has 0 saturated heterocycles. The number of urea groups is 1. The number of amides is 2. The number of hydrogen-bond donors (Lipinski definition) is 3. The van der Waals surface area contributed by atoms with Gasteiger partial charge in [-0.1, -0.05) is 30.3 Å². The lowest BCUT2D eigenvalue weighted by molar-refractivity contribution is 0.252. The van der Waals surface area contributed by atoms with Gasteiger partial charge >= 0.3 is 6.03 Å². The highest BCUT2D eigenvalue weighted by Crippen LogP contribution is 2.27. The van der Waals surface area contributed by atoms with Crippen LogP contribution in [0.25, 0.3) is 22.4 Å². The predicted octanol–water partition coefficient (Wildman–Crippen LogP) is 1.75. The number of carbonyl (C=O) groups is 1. The highest BCUT2D eigenvalue weighted by atomic mass is 16.2. The molecule has 0 radical (unpaired) electrons. The van der Waals surface area contributed by atoms with Crippen molar-refractivity contribution in [1.82, 2.24) is 24.8 Å². The number of aromatic nitrogens is 4. The molecule has 0 saturated carbocycles. The lowest BCUT2D eigenvalue weighted by Gasteiger charge is -2.08. The van der Waals surface area contributed by atoms with Crippen molar-refractivity contribution < 1.29 is 4.79 Å². The third kappa shape index (κ3) is 2.78. The largest absolute Gasteiger partial charge is 0.369 e. The molecule has 23 heavy (non-hydrogen) atoms. The number of imidazole rings is 1. The molecule has 1 aromatic carbocycles. The molecule has 0 aliphatic carbocycles. The minimum atomic E-state index is -0.360. The lowest BCUT2D eigenvalue weighted by atomic mass is 10.1. The monoisotopic (exact) mass is 311 g/mol. The Hall–Kier alpha value is -3.16. The normalized spacial score (nSPS) is 10.7. The van der Waals surface area contributed by atoms with E-state index < -0.39 is 0 Å². The maximum atomic E-state index is 11.7. The van der Waals surface area contributed by atoms with Crippen molar-refractivity contribution >= 4 is 29.1 Å². The van der Waals surface area contributed by atoms with Gasteiger partial charge in [0.1, 0.15) is 11.2 Å². The van der Waals surface area contributed by atoms with Crippen molar-refractivity contribution in [2.24, 2.45) is 7.05 Å². The SMILES string of the molecule is CCNC(=O)Nc1nc(-c2ccccc2)c2nc(N)n(C)c2n1. The number of carbonyl (C=O) groups excluding carboxylic acids is 1. The van der Waals surface area contributed by atoms with E-state index in [0.29, 0.717) is 29.4 Å². The van der Waals surface area contributed by atoms with Crippen molar-refractivity contribution in [3.05, 3.63) is 30.3 Å². The first-order valence-corrected chi connectivity index (χ1v) is 7.20. The zero-order valence-corrected chi connectivity index (χ0v) is 12.9. The number of rotatable bonds is 3. The highest BCUT2D eigenvalue weighted by Gasteiger charge is 2.16. The standard InChI is InChI=1S/C15H17N7O/c1-3-17-15(23)21-14-19-10(9-7-5-4-6-8-9)11-12(20-14)22(2)13(16)18-11/h4-8H,3H2,1-2H3,(H2,16,18)(H2,17,19,20,21,23). The number of nitrogens with two attached hydrogens (primary N) is 1. The van der Waals surface area contributed by atoms with Crippen molar-refractivity contribution in [2.45, 2.75) is 6.92 Å². The topological polar surface area (TPSA) is 111 Å². The van der Waals surface area contributed by atoms with Crippen LogP contribution in [-0.4, -0.2) is 32.1 Å². The number of aryl methyl sites for hydroxylation is 1. The molecule has 0 spiro atoms. The second-order valence-corrected chi connectivity index (χ2v) is 4.95. The number of anilines is 2. The van der Waals surface area contributed by atoms with Crippen LogP contribution in [-0.2, 0) is 7.05 Å². The van der Waals surface area contributed by atoms with Gasteiger partial charge in [0, 0.05) is 19.2 Å². The van der Waals surface area contributed by atoms with Gasteiger partial charge in [-0.15, -0.1) is 0 Å². The van der Waals surface area contributed by atoms with Crippen LogP contribution in [0.15, 0.2) is 30.3 Å². The molecular weight excluding hydrogens is 294 g/mol. The molecule has 2 amide bonds. The fourth-order valence-corrected chi connectivity index (χ4v) is 2.24. The van der Waals surface area contributed by atoms with Crippen LogP contribution in [0, 0.1) is 0 Å². The highest BCUT2D eigenvalue weighted by molar-refractivity contribution is 5.93. The molecule has 8 heteroatoms. The van der Waals surface area contributed by atoms with E-state index in [9.17, 15) is 4.79 Å². The molecule has 0 unspecified atom stereocenters. The van der Waals surface area contributed by atoms with Gasteiger partial charge in [-0.2, -0.15) is 4.98 Å². The van der Waals surface area contributed by atoms with Gasteiger partial charge in [0.15, 0.2) is 5.65 Å². The number of nitrogen functional groups attached to an aromatic ring is 1. The van der Waals surface area contributed by atoms with Gasteiger partial charge in [0.2, 0.25) is 11.9 Å². The van der Waals surface area contributed by atoms with Crippen LogP contribution in [0.2, 0.25) is 0 Å². The molecule has 2 aromatic heterocycles. The van der Waals surface area contributed by atoms with Gasteiger partial charge < -0.3 is 11.1 Å². The smallest absolute Gasteiger partial charge is 0.321 e. The van der Waals surface area contributed by atoms with Crippen LogP contribution < -0.4 is 16.4 Å². The molecule has 3 aromatic rings. The zero-order valence-electron chi connectivity index (χ0n) is 12.9. The Morgan fingerprint density at radius 1 is 1.22 bits per heavy atom. The molecule has 0 fully saturated rings. The van der Waals surface area contributed by atoms with Crippen molar-refractivity contribution in [3.8, 4) is 11.3 Å². The van der Waals surface area contributed by atoms with E-state index in [2.05, 4.69) is 25.6 Å². The summed E-state index contributed by atoms with van der Waals surface area (Å²) in [4.78, 5) is 24.8. The Bertz CT molecular complexity index is 857. The molecule has 0 aliphatic heterocycles. The Kier molecular flexibility index (Phi) is 3.80. The van der Waals surface area contributed by atoms with E-state index >= 15 is 0 Å². The molecule has 0 aliphatic rings. The third-order valence-electron chi connectivity index (χ3n) is 3.36. The first kappa shape index (κ1) is 14.8. The van der Waals surface area contributed by atoms with Crippen LogP contribution in [0.3, 0.4) is 0 Å². The maximum absolute atomic E-state index is 11.7. The van der Waals surface area contributed by atoms with E-state index in [0.717, 1.165) is 5.56 Å². The summed E-state index contributed by atoms with van der Waals surface area (Å²) in [6.45, 7) is 2.35. The zero-order chi connectivity index (χ0) is 16.4. The molecule has 3 rings (SSSR count). The van der Waals surface area contributed by atoms with Crippen molar-refractivity contribution in [1.29, 1.82) is 0 Å². The quantitative estimate of drug-likeness (QED) is 0.682. The average Bonchev–Trinajstić information content (AvgIpc) is 2.83. The third-order valence-corrected chi connectivity index (χ3v) is 3.36. The molecule has 118 valence electrons. The van der Waals surface area contributed by atoms with Crippen LogP contribution in [0.5, 0.6) is 0 Å². The summed E-state index contributed by atoms with van der Waals surface area (Å²) in [6, 6.07) is 9.22. The van der Waals surface area contributed by atoms with E-state index in [-0.39, 0.29) is 12.0 Å². The van der Waals surface area contributed by atoms with Gasteiger partial charge in [-0.05, 0) is 6.92 Å². The summed E-state index contributed by atoms with van der Waals surface area (Å²) in [5.41, 5.74) is 8.53. The minimum Gasteiger partial charge on any atom is -0.369 e. The number of hydrogen-bond acceptors (Lipinski definition) is 5. The fourth-order valence-electron chi connectivity index (χ4n) is 2.24. The maximum Gasteiger partial charge on any atom is 0.321 e. The van der Waals surface area contributed by atoms with Crippen LogP contribution >= 0.6 is 0 Å². The number of nitrogens with one attached hydrogen (secondary N) is 2. The van der Waals surface area contributed by atoms with E-state index in [1.54, 1.807) is 11.6 Å². The summed E-state index contributed by atoms with van der Waals surface area (Å²) in [5, 5.41) is 5.27. The summed E-state index contributed by atoms with van der Waals surface area (Å²) in [6.07, 6.45) is 0. The predicted molar refractivity (Wildman–Crippen MR) is 88.8 cm³/mol. The molecule has 4 N–H and O–H groups in total. The summed E-state index contributed by atoms with van der Waals surface area (Å²) >= 11 is 0. The second kappa shape index (κ2) is 5.91. The van der Waals surface area contributed by atoms with E-state index in [4.69, 9.17) is 5.73 Å². The molecule has 0 bridgehead atoms. The van der Waals surface area contributed by atoms with Gasteiger partial charge in [-0.3, -0.25) is 9.88 Å². The Morgan fingerprint density at radius 3 is 2.65 bits per heavy atom. The second-order valence-electron chi connectivity index (χ2n) is 4.95. The summed E-state index contributed by atoms with van der Waals surface area (Å²) in [5.74, 6) is 0.534. The van der Waals surface area contributed by atoms with Gasteiger partial charge in [0.05, 0.1) is 0 Å². The number of fused-ring (bicyclic) bond motifs is 1. The minimum absolute atomic E-state index is 0.199. The van der Waals surface area contributed by atoms with Crippen LogP contribution in [0.1, 0.15) is 6.92 Å². The summed E-state index contributed by atoms with van der Waals surface area (Å²) in [7, 11) is 1.77. The van der Waals surface area contributed by atoms with Crippen molar-refractivity contribution in [3.63, 3.8) is 0 Å². The first-order chi connectivity index (χ1) is 11.1. The molecule has 8 nitrogen and oxygen atoms in total. The first-order valence-electron chi connectivity index (χ1n) is 7.20. The van der Waals surface area contributed by atoms with E-state index in [1.165, 1.54) is 0 Å². The lowest BCUT2D eigenvalue weighted by Crippen LogP contribution is -2.29. The van der Waals surface area contributed by atoms with Gasteiger partial charge in [0.25, 0.3) is 0 Å². The molecular formula is C15H17N7O. The average molecular weight is 311 g/mol. The number of benzene rings is 1. The van der Waals surface area contributed by atoms with E-state index in [1.807, 2.05) is 37.3 Å². The molecule has 0 atom stereocenters. The fraction of sp³-hybridized carbons (Fsp3) is 0.200. The Morgan fingerprint density at radius 2 is 1.96 bits per heavy atom. The number of nitrogens with zero attached hydrogens (tertiary/aromatic N) is 4.